The van der Waals surface area contributed by atoms with Crippen LogP contribution >= 0.6 is 23.4 Å². The van der Waals surface area contributed by atoms with Gasteiger partial charge in [0.1, 0.15) is 12.4 Å². The lowest BCUT2D eigenvalue weighted by molar-refractivity contribution is -0.119. The van der Waals surface area contributed by atoms with Crippen LogP contribution in [-0.2, 0) is 18.4 Å². The van der Waals surface area contributed by atoms with E-state index in [1.807, 2.05) is 29.8 Å². The van der Waals surface area contributed by atoms with Crippen molar-refractivity contribution in [3.63, 3.8) is 0 Å². The van der Waals surface area contributed by atoms with Crippen molar-refractivity contribution in [3.8, 4) is 5.75 Å². The van der Waals surface area contributed by atoms with Crippen LogP contribution < -0.4 is 10.1 Å². The van der Waals surface area contributed by atoms with Crippen LogP contribution in [0.4, 0.5) is 0 Å². The molecule has 0 atom stereocenters. The van der Waals surface area contributed by atoms with Crippen molar-refractivity contribution >= 4 is 29.3 Å². The van der Waals surface area contributed by atoms with Crippen molar-refractivity contribution in [1.82, 2.24) is 20.1 Å². The van der Waals surface area contributed by atoms with Crippen molar-refractivity contribution in [3.05, 3.63) is 35.1 Å². The highest BCUT2D eigenvalue weighted by atomic mass is 35.5. The molecular formula is C20H27ClN4O2S. The first-order valence-electron chi connectivity index (χ1n) is 9.81. The number of aromatic nitrogens is 3. The first kappa shape index (κ1) is 21.0. The monoisotopic (exact) mass is 422 g/mol. The normalized spacial score (nSPS) is 15.6. The largest absolute Gasteiger partial charge is 0.484 e. The minimum absolute atomic E-state index is 0.0624. The number of benzene rings is 1. The summed E-state index contributed by atoms with van der Waals surface area (Å²) in [5.41, 5.74) is 0. The predicted molar refractivity (Wildman–Crippen MR) is 112 cm³/mol. The zero-order valence-electron chi connectivity index (χ0n) is 16.2. The van der Waals surface area contributed by atoms with Crippen LogP contribution in [0.15, 0.2) is 29.4 Å². The van der Waals surface area contributed by atoms with E-state index < -0.39 is 0 Å². The Balaban J connectivity index is 1.47. The molecule has 0 aliphatic heterocycles. The third-order valence-electron chi connectivity index (χ3n) is 4.92. The standard InChI is InChI=1S/C20H27ClN4O2S/c1-25-18(13-27-17-12-8-7-11-16(17)21)23-24-20(25)28-14-19(26)22-15-9-5-3-2-4-6-10-15/h7-8,11-12,15H,2-6,9-10,13-14H2,1H3,(H,22,26). The fraction of sp³-hybridized carbons (Fsp3) is 0.550. The van der Waals surface area contributed by atoms with Gasteiger partial charge in [-0.25, -0.2) is 0 Å². The van der Waals surface area contributed by atoms with E-state index in [1.165, 1.54) is 43.9 Å². The number of carbonyl (C=O) groups excluding carboxylic acids is 1. The van der Waals surface area contributed by atoms with Crippen LogP contribution in [0.25, 0.3) is 0 Å². The van der Waals surface area contributed by atoms with Gasteiger partial charge in [-0.05, 0) is 25.0 Å². The third kappa shape index (κ3) is 6.14. The van der Waals surface area contributed by atoms with Gasteiger partial charge in [-0.1, -0.05) is 67.6 Å². The number of carbonyl (C=O) groups is 1. The van der Waals surface area contributed by atoms with Gasteiger partial charge in [0.05, 0.1) is 10.8 Å². The molecule has 0 unspecified atom stereocenters. The van der Waals surface area contributed by atoms with Gasteiger partial charge in [-0.2, -0.15) is 0 Å². The molecule has 1 aromatic heterocycles. The van der Waals surface area contributed by atoms with Crippen molar-refractivity contribution in [1.29, 1.82) is 0 Å². The second kappa shape index (κ2) is 10.7. The Kier molecular flexibility index (Phi) is 8.03. The first-order chi connectivity index (χ1) is 13.6. The summed E-state index contributed by atoms with van der Waals surface area (Å²) in [6.07, 6.45) is 8.46. The Morgan fingerprint density at radius 2 is 1.93 bits per heavy atom. The maximum absolute atomic E-state index is 12.3. The zero-order valence-corrected chi connectivity index (χ0v) is 17.8. The molecule has 0 bridgehead atoms. The van der Waals surface area contributed by atoms with Gasteiger partial charge in [0.25, 0.3) is 0 Å². The summed E-state index contributed by atoms with van der Waals surface area (Å²) in [4.78, 5) is 12.3. The highest BCUT2D eigenvalue weighted by Gasteiger charge is 2.16. The van der Waals surface area contributed by atoms with E-state index in [2.05, 4.69) is 15.5 Å². The van der Waals surface area contributed by atoms with Gasteiger partial charge in [-0.3, -0.25) is 4.79 Å². The summed E-state index contributed by atoms with van der Waals surface area (Å²) in [6.45, 7) is 0.266. The van der Waals surface area contributed by atoms with Gasteiger partial charge in [0.15, 0.2) is 11.0 Å². The topological polar surface area (TPSA) is 69.0 Å². The fourth-order valence-corrected chi connectivity index (χ4v) is 4.23. The van der Waals surface area contributed by atoms with E-state index in [9.17, 15) is 4.79 Å². The molecule has 1 amide bonds. The Morgan fingerprint density at radius 1 is 1.21 bits per heavy atom. The number of nitrogens with zero attached hydrogens (tertiary/aromatic N) is 3. The Hall–Kier alpha value is -1.73. The summed E-state index contributed by atoms with van der Waals surface area (Å²) in [5.74, 6) is 1.70. The molecular weight excluding hydrogens is 396 g/mol. The third-order valence-corrected chi connectivity index (χ3v) is 6.25. The highest BCUT2D eigenvalue weighted by Crippen LogP contribution is 2.24. The Bertz CT molecular complexity index is 775. The van der Waals surface area contributed by atoms with E-state index in [0.29, 0.717) is 33.5 Å². The Labute approximate surface area is 175 Å². The van der Waals surface area contributed by atoms with Gasteiger partial charge in [-0.15, -0.1) is 10.2 Å². The molecule has 1 fully saturated rings. The minimum atomic E-state index is 0.0624. The average Bonchev–Trinajstić information content (AvgIpc) is 3.01. The van der Waals surface area contributed by atoms with Crippen molar-refractivity contribution in [2.75, 3.05) is 5.75 Å². The lowest BCUT2D eigenvalue weighted by Gasteiger charge is -2.20. The van der Waals surface area contributed by atoms with Gasteiger partial charge < -0.3 is 14.6 Å². The molecule has 28 heavy (non-hydrogen) atoms. The Morgan fingerprint density at radius 3 is 2.68 bits per heavy atom. The second-order valence-electron chi connectivity index (χ2n) is 7.08. The molecule has 152 valence electrons. The number of halogens is 1. The smallest absolute Gasteiger partial charge is 0.230 e. The van der Waals surface area contributed by atoms with E-state index in [1.54, 1.807) is 6.07 Å². The van der Waals surface area contributed by atoms with Crippen LogP contribution in [0.5, 0.6) is 5.75 Å². The number of ether oxygens (including phenoxy) is 1. The fourth-order valence-electron chi connectivity index (χ4n) is 3.30. The molecule has 3 rings (SSSR count). The van der Waals surface area contributed by atoms with E-state index in [-0.39, 0.29) is 12.5 Å². The minimum Gasteiger partial charge on any atom is -0.484 e. The number of thioether (sulfide) groups is 1. The summed E-state index contributed by atoms with van der Waals surface area (Å²) < 4.78 is 7.57. The molecule has 1 heterocycles. The first-order valence-corrected chi connectivity index (χ1v) is 11.2. The second-order valence-corrected chi connectivity index (χ2v) is 8.42. The molecule has 0 spiro atoms. The molecule has 1 saturated carbocycles. The highest BCUT2D eigenvalue weighted by molar-refractivity contribution is 7.99. The predicted octanol–water partition coefficient (Wildman–Crippen LogP) is 4.37. The number of para-hydroxylation sites is 1. The van der Waals surface area contributed by atoms with Crippen LogP contribution in [-0.4, -0.2) is 32.5 Å². The van der Waals surface area contributed by atoms with Gasteiger partial charge in [0.2, 0.25) is 5.91 Å². The molecule has 8 heteroatoms. The maximum Gasteiger partial charge on any atom is 0.230 e. The molecule has 1 aromatic carbocycles. The van der Waals surface area contributed by atoms with Crippen molar-refractivity contribution in [2.24, 2.45) is 7.05 Å². The molecule has 0 radical (unpaired) electrons. The zero-order chi connectivity index (χ0) is 19.8. The van der Waals surface area contributed by atoms with Crippen molar-refractivity contribution < 1.29 is 9.53 Å². The van der Waals surface area contributed by atoms with E-state index >= 15 is 0 Å². The molecule has 0 saturated heterocycles. The quantitative estimate of drug-likeness (QED) is 0.671. The lowest BCUT2D eigenvalue weighted by Crippen LogP contribution is -2.36. The number of hydrogen-bond acceptors (Lipinski definition) is 5. The summed E-state index contributed by atoms with van der Waals surface area (Å²) in [6, 6.07) is 7.63. The number of amides is 1. The van der Waals surface area contributed by atoms with Crippen LogP contribution in [0.3, 0.4) is 0 Å². The van der Waals surface area contributed by atoms with Gasteiger partial charge >= 0.3 is 0 Å². The van der Waals surface area contributed by atoms with Crippen LogP contribution in [0.1, 0.15) is 50.8 Å². The number of rotatable bonds is 7. The number of hydrogen-bond donors (Lipinski definition) is 1. The SMILES string of the molecule is Cn1c(COc2ccccc2Cl)nnc1SCC(=O)NC1CCCCCCC1. The molecule has 6 nitrogen and oxygen atoms in total. The molecule has 1 aliphatic carbocycles. The van der Waals surface area contributed by atoms with Crippen LogP contribution in [0.2, 0.25) is 5.02 Å². The van der Waals surface area contributed by atoms with E-state index in [0.717, 1.165) is 12.8 Å². The summed E-state index contributed by atoms with van der Waals surface area (Å²) in [5, 5.41) is 12.8. The maximum atomic E-state index is 12.3. The number of nitrogens with one attached hydrogen (secondary N) is 1. The van der Waals surface area contributed by atoms with Gasteiger partial charge in [0, 0.05) is 13.1 Å². The molecule has 2 aromatic rings. The van der Waals surface area contributed by atoms with Crippen molar-refractivity contribution in [2.45, 2.75) is 62.8 Å². The summed E-state index contributed by atoms with van der Waals surface area (Å²) in [7, 11) is 1.88. The van der Waals surface area contributed by atoms with E-state index in [4.69, 9.17) is 16.3 Å². The lowest BCUT2D eigenvalue weighted by atomic mass is 9.97. The summed E-state index contributed by atoms with van der Waals surface area (Å²) >= 11 is 7.50. The van der Waals surface area contributed by atoms with Crippen LogP contribution in [0, 0.1) is 0 Å². The molecule has 1 N–H and O–H groups in total. The molecule has 1 aliphatic rings. The average molecular weight is 423 g/mol.